The van der Waals surface area contributed by atoms with Gasteiger partial charge in [0.1, 0.15) is 6.04 Å². The maximum atomic E-state index is 12.6. The number of rotatable bonds is 6. The van der Waals surface area contributed by atoms with E-state index >= 15 is 0 Å². The quantitative estimate of drug-likeness (QED) is 0.752. The summed E-state index contributed by atoms with van der Waals surface area (Å²) in [6.07, 6.45) is -4.40. The summed E-state index contributed by atoms with van der Waals surface area (Å²) in [5, 5.41) is 3.10. The number of alkyl halides is 3. The fraction of sp³-hybridized carbons (Fsp3) is 0.263. The first-order valence-electron chi connectivity index (χ1n) is 7.97. The van der Waals surface area contributed by atoms with Crippen LogP contribution in [0.15, 0.2) is 48.5 Å². The monoisotopic (exact) mass is 399 g/mol. The number of methoxy groups -OCH3 is 1. The standard InChI is InChI=1S/C19H17ClF3NO3/c1-27-18(26)16(10-12-4-8-15(20)9-5-12)24-17(25)11-13-2-6-14(7-3-13)19(21,22)23/h2-9,16H,10-11H2,1H3,(H,24,25)/t16-/m1/s1. The van der Waals surface area contributed by atoms with Crippen molar-refractivity contribution in [1.29, 1.82) is 0 Å². The summed E-state index contributed by atoms with van der Waals surface area (Å²) in [5.74, 6) is -1.12. The minimum atomic E-state index is -4.44. The molecule has 1 amide bonds. The molecule has 0 saturated carbocycles. The normalized spacial score (nSPS) is 12.3. The van der Waals surface area contributed by atoms with E-state index in [2.05, 4.69) is 5.32 Å². The zero-order valence-electron chi connectivity index (χ0n) is 14.3. The number of esters is 1. The van der Waals surface area contributed by atoms with Gasteiger partial charge in [-0.05, 0) is 35.4 Å². The Morgan fingerprint density at radius 2 is 1.59 bits per heavy atom. The third kappa shape index (κ3) is 6.29. The maximum absolute atomic E-state index is 12.6. The van der Waals surface area contributed by atoms with Crippen LogP contribution in [-0.2, 0) is 33.3 Å². The third-order valence-electron chi connectivity index (χ3n) is 3.82. The molecule has 0 aliphatic rings. The second-order valence-corrected chi connectivity index (χ2v) is 6.28. The lowest BCUT2D eigenvalue weighted by atomic mass is 10.0. The molecule has 0 radical (unpaired) electrons. The van der Waals surface area contributed by atoms with Gasteiger partial charge in [-0.2, -0.15) is 13.2 Å². The van der Waals surface area contributed by atoms with Crippen LogP contribution in [0.1, 0.15) is 16.7 Å². The van der Waals surface area contributed by atoms with Crippen molar-refractivity contribution in [1.82, 2.24) is 5.32 Å². The summed E-state index contributed by atoms with van der Waals surface area (Å²) in [6, 6.07) is 10.1. The number of hydrogen-bond acceptors (Lipinski definition) is 3. The van der Waals surface area contributed by atoms with E-state index < -0.39 is 29.7 Å². The van der Waals surface area contributed by atoms with Gasteiger partial charge in [-0.3, -0.25) is 4.79 Å². The molecule has 2 rings (SSSR count). The zero-order chi connectivity index (χ0) is 20.0. The summed E-state index contributed by atoms with van der Waals surface area (Å²) in [7, 11) is 1.21. The van der Waals surface area contributed by atoms with Gasteiger partial charge < -0.3 is 10.1 Å². The molecule has 8 heteroatoms. The molecule has 0 fully saturated rings. The Kier molecular flexibility index (Phi) is 6.85. The number of carbonyl (C=O) groups excluding carboxylic acids is 2. The Labute approximate surface area is 159 Å². The molecule has 144 valence electrons. The van der Waals surface area contributed by atoms with Crippen molar-refractivity contribution < 1.29 is 27.5 Å². The molecule has 4 nitrogen and oxygen atoms in total. The van der Waals surface area contributed by atoms with Crippen LogP contribution < -0.4 is 5.32 Å². The molecule has 27 heavy (non-hydrogen) atoms. The summed E-state index contributed by atoms with van der Waals surface area (Å²) in [6.45, 7) is 0. The van der Waals surface area contributed by atoms with Gasteiger partial charge in [0.2, 0.25) is 5.91 Å². The van der Waals surface area contributed by atoms with E-state index in [1.807, 2.05) is 0 Å². The topological polar surface area (TPSA) is 55.4 Å². The largest absolute Gasteiger partial charge is 0.467 e. The lowest BCUT2D eigenvalue weighted by Crippen LogP contribution is -2.43. The Morgan fingerprint density at radius 1 is 1.04 bits per heavy atom. The van der Waals surface area contributed by atoms with Crippen LogP contribution >= 0.6 is 11.6 Å². The fourth-order valence-corrected chi connectivity index (χ4v) is 2.56. The van der Waals surface area contributed by atoms with E-state index in [1.54, 1.807) is 24.3 Å². The van der Waals surface area contributed by atoms with Crippen molar-refractivity contribution >= 4 is 23.5 Å². The minimum absolute atomic E-state index is 0.160. The zero-order valence-corrected chi connectivity index (χ0v) is 15.1. The molecule has 2 aromatic carbocycles. The van der Waals surface area contributed by atoms with Crippen molar-refractivity contribution in [3.8, 4) is 0 Å². The van der Waals surface area contributed by atoms with Crippen LogP contribution in [0.2, 0.25) is 5.02 Å². The van der Waals surface area contributed by atoms with Gasteiger partial charge in [0, 0.05) is 11.4 Å². The smallest absolute Gasteiger partial charge is 0.416 e. The van der Waals surface area contributed by atoms with Crippen molar-refractivity contribution in [2.75, 3.05) is 7.11 Å². The van der Waals surface area contributed by atoms with Crippen molar-refractivity contribution in [3.05, 3.63) is 70.2 Å². The van der Waals surface area contributed by atoms with Crippen LogP contribution in [0.3, 0.4) is 0 Å². The van der Waals surface area contributed by atoms with Crippen molar-refractivity contribution in [3.63, 3.8) is 0 Å². The lowest BCUT2D eigenvalue weighted by molar-refractivity contribution is -0.145. The SMILES string of the molecule is COC(=O)[C@@H](Cc1ccc(Cl)cc1)NC(=O)Cc1ccc(C(F)(F)F)cc1. The fourth-order valence-electron chi connectivity index (χ4n) is 2.43. The summed E-state index contributed by atoms with van der Waals surface area (Å²) in [4.78, 5) is 24.1. The Hall–Kier alpha value is -2.54. The molecular formula is C19H17ClF3NO3. The van der Waals surface area contributed by atoms with E-state index in [-0.39, 0.29) is 12.8 Å². The van der Waals surface area contributed by atoms with Gasteiger partial charge in [0.15, 0.2) is 0 Å². The molecule has 0 aromatic heterocycles. The Balaban J connectivity index is 2.02. The number of nitrogens with one attached hydrogen (secondary N) is 1. The summed E-state index contributed by atoms with van der Waals surface area (Å²) in [5.41, 5.74) is 0.377. The van der Waals surface area contributed by atoms with E-state index in [9.17, 15) is 22.8 Å². The van der Waals surface area contributed by atoms with Gasteiger partial charge in [0.25, 0.3) is 0 Å². The van der Waals surface area contributed by atoms with Gasteiger partial charge in [-0.1, -0.05) is 35.9 Å². The highest BCUT2D eigenvalue weighted by molar-refractivity contribution is 6.30. The molecule has 0 unspecified atom stereocenters. The molecule has 0 bridgehead atoms. The van der Waals surface area contributed by atoms with Crippen molar-refractivity contribution in [2.24, 2.45) is 0 Å². The number of hydrogen-bond donors (Lipinski definition) is 1. The minimum Gasteiger partial charge on any atom is -0.467 e. The first-order chi connectivity index (χ1) is 12.7. The van der Waals surface area contributed by atoms with Crippen LogP contribution in [0.5, 0.6) is 0 Å². The average Bonchev–Trinajstić information content (AvgIpc) is 2.62. The van der Waals surface area contributed by atoms with Crippen LogP contribution in [0.4, 0.5) is 13.2 Å². The molecule has 0 spiro atoms. The second kappa shape index (κ2) is 8.90. The lowest BCUT2D eigenvalue weighted by Gasteiger charge is -2.17. The summed E-state index contributed by atoms with van der Waals surface area (Å²) < 4.78 is 42.4. The van der Waals surface area contributed by atoms with Gasteiger partial charge in [-0.15, -0.1) is 0 Å². The van der Waals surface area contributed by atoms with Gasteiger partial charge in [0.05, 0.1) is 19.1 Å². The molecule has 0 aliphatic heterocycles. The third-order valence-corrected chi connectivity index (χ3v) is 4.07. The second-order valence-electron chi connectivity index (χ2n) is 5.85. The number of ether oxygens (including phenoxy) is 1. The maximum Gasteiger partial charge on any atom is 0.416 e. The van der Waals surface area contributed by atoms with E-state index in [0.717, 1.165) is 17.7 Å². The first-order valence-corrected chi connectivity index (χ1v) is 8.34. The van der Waals surface area contributed by atoms with E-state index in [1.165, 1.54) is 19.2 Å². The van der Waals surface area contributed by atoms with Gasteiger partial charge >= 0.3 is 12.1 Å². The molecule has 1 atom stereocenters. The highest BCUT2D eigenvalue weighted by atomic mass is 35.5. The molecule has 1 N–H and O–H groups in total. The molecule has 0 heterocycles. The Bertz CT molecular complexity index is 789. The predicted octanol–water partition coefficient (Wildman–Crippen LogP) is 3.80. The number of amides is 1. The first kappa shape index (κ1) is 20.8. The van der Waals surface area contributed by atoms with Crippen molar-refractivity contribution in [2.45, 2.75) is 25.1 Å². The van der Waals surface area contributed by atoms with E-state index in [0.29, 0.717) is 10.6 Å². The highest BCUT2D eigenvalue weighted by Gasteiger charge is 2.30. The number of carbonyl (C=O) groups is 2. The van der Waals surface area contributed by atoms with E-state index in [4.69, 9.17) is 16.3 Å². The molecular weight excluding hydrogens is 383 g/mol. The molecule has 0 saturated heterocycles. The van der Waals surface area contributed by atoms with Crippen LogP contribution in [0, 0.1) is 0 Å². The molecule has 0 aliphatic carbocycles. The van der Waals surface area contributed by atoms with Gasteiger partial charge in [-0.25, -0.2) is 4.79 Å². The van der Waals surface area contributed by atoms with Crippen LogP contribution in [0.25, 0.3) is 0 Å². The highest BCUT2D eigenvalue weighted by Crippen LogP contribution is 2.29. The molecule has 2 aromatic rings. The summed E-state index contributed by atoms with van der Waals surface area (Å²) >= 11 is 5.82. The average molecular weight is 400 g/mol. The number of benzene rings is 2. The number of halogens is 4. The predicted molar refractivity (Wildman–Crippen MR) is 94.3 cm³/mol. The Morgan fingerprint density at radius 3 is 2.11 bits per heavy atom. The van der Waals surface area contributed by atoms with Crippen LogP contribution in [-0.4, -0.2) is 25.0 Å².